The summed E-state index contributed by atoms with van der Waals surface area (Å²) in [5.41, 5.74) is 4.93. The van der Waals surface area contributed by atoms with Crippen LogP contribution in [-0.2, 0) is 13.0 Å². The summed E-state index contributed by atoms with van der Waals surface area (Å²) in [6, 6.07) is 4.36. The highest BCUT2D eigenvalue weighted by molar-refractivity contribution is 5.88. The van der Waals surface area contributed by atoms with Crippen molar-refractivity contribution in [2.75, 3.05) is 38.1 Å². The third-order valence-electron chi connectivity index (χ3n) is 6.02. The number of hydrogen-bond acceptors (Lipinski definition) is 5. The first-order valence-corrected chi connectivity index (χ1v) is 10.5. The first kappa shape index (κ1) is 20.9. The van der Waals surface area contributed by atoms with Crippen molar-refractivity contribution in [3.05, 3.63) is 39.2 Å². The van der Waals surface area contributed by atoms with Crippen LogP contribution < -0.4 is 15.8 Å². The van der Waals surface area contributed by atoms with E-state index in [-0.39, 0.29) is 11.2 Å². The molecule has 2 aromatic rings. The molecule has 5 nitrogen and oxygen atoms in total. The molecule has 4 rings (SSSR count). The third-order valence-corrected chi connectivity index (χ3v) is 6.02. The lowest BCUT2D eigenvalue weighted by Gasteiger charge is -2.46. The van der Waals surface area contributed by atoms with Crippen LogP contribution >= 0.6 is 0 Å². The van der Waals surface area contributed by atoms with Crippen LogP contribution in [0.4, 0.5) is 5.69 Å². The third kappa shape index (κ3) is 3.83. The van der Waals surface area contributed by atoms with Gasteiger partial charge in [0.2, 0.25) is 0 Å². The van der Waals surface area contributed by atoms with Crippen molar-refractivity contribution in [1.82, 2.24) is 10.2 Å². The molecule has 154 valence electrons. The molecule has 1 aromatic heterocycles. The Morgan fingerprint density at radius 1 is 1.18 bits per heavy atom. The van der Waals surface area contributed by atoms with Crippen molar-refractivity contribution in [3.63, 3.8) is 0 Å². The summed E-state index contributed by atoms with van der Waals surface area (Å²) < 4.78 is 5.76. The molecule has 0 bridgehead atoms. The maximum Gasteiger partial charge on any atom is 0.341 e. The van der Waals surface area contributed by atoms with Crippen LogP contribution in [0.5, 0.6) is 0 Å². The van der Waals surface area contributed by atoms with Crippen LogP contribution in [0.2, 0.25) is 0 Å². The number of piperazine rings is 1. The zero-order chi connectivity index (χ0) is 20.5. The molecule has 3 heterocycles. The predicted molar refractivity (Wildman–Crippen MR) is 118 cm³/mol. The number of nitrogens with zero attached hydrogens (tertiary/aromatic N) is 2. The molecule has 0 unspecified atom stereocenters. The highest BCUT2D eigenvalue weighted by Crippen LogP contribution is 2.33. The Labute approximate surface area is 168 Å². The molecule has 0 amide bonds. The molecular weight excluding hydrogens is 350 g/mol. The standard InChI is InChI=1S/C20H27N3O2.C3H8/c1-13-17(23-10-9-22(4)20(2,3)12-23)6-5-15-14-7-8-21-11-16(14)19(24)25-18(13)15;1-3-2/h5-6,21H,7-12H2,1-4H3;3H2,1-2H3. The Morgan fingerprint density at radius 3 is 2.57 bits per heavy atom. The van der Waals surface area contributed by atoms with Gasteiger partial charge in [-0.1, -0.05) is 20.3 Å². The molecule has 2 aliphatic rings. The molecule has 0 atom stereocenters. The predicted octanol–water partition coefficient (Wildman–Crippen LogP) is 3.69. The van der Waals surface area contributed by atoms with Gasteiger partial charge < -0.3 is 14.6 Å². The van der Waals surface area contributed by atoms with Crippen molar-refractivity contribution >= 4 is 16.7 Å². The summed E-state index contributed by atoms with van der Waals surface area (Å²) in [6.45, 7) is 15.4. The van der Waals surface area contributed by atoms with Gasteiger partial charge in [-0.2, -0.15) is 0 Å². The maximum atomic E-state index is 12.4. The average molecular weight is 386 g/mol. The van der Waals surface area contributed by atoms with Gasteiger partial charge in [0.1, 0.15) is 5.58 Å². The van der Waals surface area contributed by atoms with Gasteiger partial charge in [0.05, 0.1) is 5.56 Å². The first-order chi connectivity index (χ1) is 13.3. The number of aryl methyl sites for hydroxylation is 1. The molecule has 1 saturated heterocycles. The van der Waals surface area contributed by atoms with Gasteiger partial charge in [0, 0.05) is 48.4 Å². The summed E-state index contributed by atoms with van der Waals surface area (Å²) in [7, 11) is 2.18. The van der Waals surface area contributed by atoms with E-state index < -0.39 is 0 Å². The van der Waals surface area contributed by atoms with Crippen molar-refractivity contribution < 1.29 is 4.42 Å². The van der Waals surface area contributed by atoms with E-state index in [1.807, 2.05) is 0 Å². The number of hydrogen-bond donors (Lipinski definition) is 1. The van der Waals surface area contributed by atoms with Crippen LogP contribution in [0.1, 0.15) is 50.8 Å². The number of benzene rings is 1. The number of nitrogens with one attached hydrogen (secondary N) is 1. The van der Waals surface area contributed by atoms with Gasteiger partial charge in [-0.15, -0.1) is 0 Å². The second-order valence-corrected chi connectivity index (χ2v) is 8.72. The normalized spacial score (nSPS) is 19.1. The van der Waals surface area contributed by atoms with Crippen LogP contribution in [0.3, 0.4) is 0 Å². The minimum Gasteiger partial charge on any atom is -0.422 e. The summed E-state index contributed by atoms with van der Waals surface area (Å²) in [4.78, 5) is 17.3. The molecule has 0 saturated carbocycles. The quantitative estimate of drug-likeness (QED) is 0.759. The van der Waals surface area contributed by atoms with E-state index in [2.05, 4.69) is 68.9 Å². The fraction of sp³-hybridized carbons (Fsp3) is 0.609. The minimum absolute atomic E-state index is 0.127. The molecule has 28 heavy (non-hydrogen) atoms. The topological polar surface area (TPSA) is 48.7 Å². The van der Waals surface area contributed by atoms with Crippen LogP contribution in [0.15, 0.2) is 21.3 Å². The summed E-state index contributed by atoms with van der Waals surface area (Å²) in [5.74, 6) is 0. The fourth-order valence-corrected chi connectivity index (χ4v) is 4.17. The lowest BCUT2D eigenvalue weighted by molar-refractivity contribution is 0.139. The van der Waals surface area contributed by atoms with Crippen molar-refractivity contribution in [1.29, 1.82) is 0 Å². The Kier molecular flexibility index (Phi) is 6.15. The van der Waals surface area contributed by atoms with E-state index in [1.165, 1.54) is 17.7 Å². The van der Waals surface area contributed by atoms with Gasteiger partial charge in [0.15, 0.2) is 0 Å². The fourth-order valence-electron chi connectivity index (χ4n) is 4.17. The van der Waals surface area contributed by atoms with Crippen molar-refractivity contribution in [3.8, 4) is 0 Å². The average Bonchev–Trinajstić information content (AvgIpc) is 2.66. The van der Waals surface area contributed by atoms with Gasteiger partial charge in [0.25, 0.3) is 0 Å². The van der Waals surface area contributed by atoms with E-state index in [9.17, 15) is 4.79 Å². The first-order valence-electron chi connectivity index (χ1n) is 10.5. The molecule has 0 radical (unpaired) electrons. The second kappa shape index (κ2) is 8.26. The Hall–Kier alpha value is -1.85. The minimum atomic E-state index is -0.186. The highest BCUT2D eigenvalue weighted by atomic mass is 16.4. The monoisotopic (exact) mass is 385 g/mol. The smallest absolute Gasteiger partial charge is 0.341 e. The summed E-state index contributed by atoms with van der Waals surface area (Å²) >= 11 is 0. The number of rotatable bonds is 1. The lowest BCUT2D eigenvalue weighted by Crippen LogP contribution is -2.57. The molecule has 2 aliphatic heterocycles. The number of fused-ring (bicyclic) bond motifs is 3. The molecule has 1 fully saturated rings. The Bertz CT molecular complexity index is 901. The van der Waals surface area contributed by atoms with E-state index in [4.69, 9.17) is 4.42 Å². The van der Waals surface area contributed by atoms with Gasteiger partial charge in [-0.05, 0) is 58.5 Å². The zero-order valence-electron chi connectivity index (χ0n) is 18.3. The number of likely N-dealkylation sites (N-methyl/N-ethyl adjacent to an activating group) is 1. The zero-order valence-corrected chi connectivity index (χ0v) is 18.3. The molecule has 0 aliphatic carbocycles. The Morgan fingerprint density at radius 2 is 1.89 bits per heavy atom. The van der Waals surface area contributed by atoms with Crippen LogP contribution in [0.25, 0.3) is 11.0 Å². The largest absolute Gasteiger partial charge is 0.422 e. The molecule has 0 spiro atoms. The second-order valence-electron chi connectivity index (χ2n) is 8.72. The summed E-state index contributed by atoms with van der Waals surface area (Å²) in [6.07, 6.45) is 2.14. The van der Waals surface area contributed by atoms with E-state index in [0.717, 1.165) is 54.7 Å². The Balaban J connectivity index is 0.000000706. The molecular formula is C23H35N3O2. The summed E-state index contributed by atoms with van der Waals surface area (Å²) in [5, 5.41) is 4.37. The van der Waals surface area contributed by atoms with E-state index in [0.29, 0.717) is 6.54 Å². The van der Waals surface area contributed by atoms with Crippen LogP contribution in [-0.4, -0.2) is 43.7 Å². The highest BCUT2D eigenvalue weighted by Gasteiger charge is 2.32. The number of anilines is 1. The van der Waals surface area contributed by atoms with Crippen molar-refractivity contribution in [2.45, 2.75) is 59.5 Å². The van der Waals surface area contributed by atoms with Crippen molar-refractivity contribution in [2.24, 2.45) is 0 Å². The molecule has 1 N–H and O–H groups in total. The van der Waals surface area contributed by atoms with Gasteiger partial charge in [-0.25, -0.2) is 4.79 Å². The van der Waals surface area contributed by atoms with E-state index >= 15 is 0 Å². The maximum absolute atomic E-state index is 12.4. The SMILES string of the molecule is CCC.Cc1c(N2CCN(C)C(C)(C)C2)ccc2c3c(c(=O)oc12)CNCC3. The lowest BCUT2D eigenvalue weighted by atomic mass is 9.95. The van der Waals surface area contributed by atoms with E-state index in [1.54, 1.807) is 0 Å². The van der Waals surface area contributed by atoms with Gasteiger partial charge >= 0.3 is 5.63 Å². The molecule has 5 heteroatoms. The molecule has 1 aromatic carbocycles. The van der Waals surface area contributed by atoms with Gasteiger partial charge in [-0.3, -0.25) is 4.90 Å². The van der Waals surface area contributed by atoms with Crippen LogP contribution in [0, 0.1) is 6.92 Å².